The van der Waals surface area contributed by atoms with Crippen LogP contribution >= 0.6 is 24.8 Å². The summed E-state index contributed by atoms with van der Waals surface area (Å²) in [6.45, 7) is 6.57. The second kappa shape index (κ2) is 15.8. The predicted octanol–water partition coefficient (Wildman–Crippen LogP) is 3.57. The van der Waals surface area contributed by atoms with Crippen molar-refractivity contribution >= 4 is 53.6 Å². The highest BCUT2D eigenvalue weighted by Crippen LogP contribution is 2.24. The van der Waals surface area contributed by atoms with Gasteiger partial charge in [0, 0.05) is 62.9 Å². The summed E-state index contributed by atoms with van der Waals surface area (Å²) in [4.78, 5) is 47.0. The fraction of sp³-hybridized carbons (Fsp3) is 0.433. The lowest BCUT2D eigenvalue weighted by molar-refractivity contribution is -0.133. The summed E-state index contributed by atoms with van der Waals surface area (Å²) in [7, 11) is 1.60. The lowest BCUT2D eigenvalue weighted by Gasteiger charge is -2.34. The molecule has 228 valence electrons. The summed E-state index contributed by atoms with van der Waals surface area (Å²) in [5.41, 5.74) is 2.13. The number of piperazine rings is 1. The van der Waals surface area contributed by atoms with Crippen LogP contribution in [0.2, 0.25) is 0 Å². The molecule has 0 spiro atoms. The van der Waals surface area contributed by atoms with Crippen molar-refractivity contribution in [3.63, 3.8) is 0 Å². The largest absolute Gasteiger partial charge is 0.497 e. The van der Waals surface area contributed by atoms with Crippen LogP contribution in [0.3, 0.4) is 0 Å². The quantitative estimate of drug-likeness (QED) is 0.271. The molecule has 2 saturated heterocycles. The number of esters is 2. The van der Waals surface area contributed by atoms with Gasteiger partial charge >= 0.3 is 11.9 Å². The Labute approximate surface area is 258 Å². The number of rotatable bonds is 10. The summed E-state index contributed by atoms with van der Waals surface area (Å²) < 4.78 is 16.2. The Bertz CT molecular complexity index is 1340. The first-order chi connectivity index (χ1) is 19.5. The van der Waals surface area contributed by atoms with Gasteiger partial charge in [-0.1, -0.05) is 0 Å². The normalized spacial score (nSPS) is 15.5. The fourth-order valence-corrected chi connectivity index (χ4v) is 5.19. The minimum absolute atomic E-state index is 0. The molecule has 2 aliphatic rings. The standard InChI is InChI=1S/C30H36N4O6.2ClH/c1-38-25-8-9-27-26(19-25)23(20-31-27)18-29(36)40-24-6-4-22(5-7-24)30(37)39-17-16-32-12-14-33(15-13-32)21-28(35)34-10-2-3-11-34;;/h4-9,19-20,31H,2-3,10-18,21H2,1H3;2*1H. The average Bonchev–Trinajstić information content (AvgIpc) is 3.65. The van der Waals surface area contributed by atoms with Crippen LogP contribution in [-0.4, -0.2) is 104 Å². The Kier molecular flexibility index (Phi) is 12.5. The molecule has 0 unspecified atom stereocenters. The summed E-state index contributed by atoms with van der Waals surface area (Å²) in [6, 6.07) is 12.0. The number of benzene rings is 2. The molecule has 12 heteroatoms. The van der Waals surface area contributed by atoms with E-state index in [9.17, 15) is 14.4 Å². The van der Waals surface area contributed by atoms with Gasteiger partial charge in [0.1, 0.15) is 18.1 Å². The zero-order valence-electron chi connectivity index (χ0n) is 23.7. The molecule has 1 amide bonds. The molecule has 2 aromatic carbocycles. The van der Waals surface area contributed by atoms with Crippen LogP contribution < -0.4 is 9.47 Å². The van der Waals surface area contributed by atoms with Gasteiger partial charge in [0.15, 0.2) is 0 Å². The van der Waals surface area contributed by atoms with Crippen molar-refractivity contribution in [2.45, 2.75) is 19.3 Å². The molecule has 0 radical (unpaired) electrons. The molecular formula is C30H38Cl2N4O6. The maximum atomic E-state index is 12.5. The number of hydrogen-bond donors (Lipinski definition) is 1. The summed E-state index contributed by atoms with van der Waals surface area (Å²) >= 11 is 0. The predicted molar refractivity (Wildman–Crippen MR) is 164 cm³/mol. The van der Waals surface area contributed by atoms with E-state index < -0.39 is 11.9 Å². The van der Waals surface area contributed by atoms with E-state index in [2.05, 4.69) is 14.8 Å². The number of likely N-dealkylation sites (tertiary alicyclic amines) is 1. The molecule has 2 fully saturated rings. The average molecular weight is 622 g/mol. The number of carbonyl (C=O) groups excluding carboxylic acids is 3. The summed E-state index contributed by atoms with van der Waals surface area (Å²) in [6.07, 6.45) is 4.11. The third-order valence-electron chi connectivity index (χ3n) is 7.55. The summed E-state index contributed by atoms with van der Waals surface area (Å²) in [5.74, 6) is 0.490. The third-order valence-corrected chi connectivity index (χ3v) is 7.55. The van der Waals surface area contributed by atoms with Gasteiger partial charge in [0.2, 0.25) is 5.91 Å². The van der Waals surface area contributed by atoms with E-state index >= 15 is 0 Å². The fourth-order valence-electron chi connectivity index (χ4n) is 5.19. The molecule has 0 bridgehead atoms. The Hall–Kier alpha value is -3.31. The van der Waals surface area contributed by atoms with Gasteiger partial charge in [0.05, 0.1) is 25.6 Å². The molecular weight excluding hydrogens is 583 g/mol. The maximum Gasteiger partial charge on any atom is 0.338 e. The first-order valence-corrected chi connectivity index (χ1v) is 13.8. The first kappa shape index (κ1) is 33.2. The molecule has 3 heterocycles. The van der Waals surface area contributed by atoms with Crippen molar-refractivity contribution in [1.29, 1.82) is 0 Å². The molecule has 1 N–H and O–H groups in total. The Balaban J connectivity index is 0.00000242. The number of methoxy groups -OCH3 is 1. The molecule has 1 aromatic heterocycles. The minimum atomic E-state index is -0.416. The van der Waals surface area contributed by atoms with E-state index in [1.165, 1.54) is 0 Å². The van der Waals surface area contributed by atoms with Gasteiger partial charge in [-0.15, -0.1) is 24.8 Å². The number of aromatic amines is 1. The number of amides is 1. The van der Waals surface area contributed by atoms with E-state index in [4.69, 9.17) is 14.2 Å². The molecule has 0 atom stereocenters. The Morgan fingerprint density at radius 1 is 0.857 bits per heavy atom. The van der Waals surface area contributed by atoms with Crippen molar-refractivity contribution in [3.05, 3.63) is 59.8 Å². The van der Waals surface area contributed by atoms with E-state index in [-0.39, 0.29) is 43.7 Å². The second-order valence-electron chi connectivity index (χ2n) is 10.2. The van der Waals surface area contributed by atoms with Crippen LogP contribution in [0.4, 0.5) is 0 Å². The van der Waals surface area contributed by atoms with E-state index in [0.717, 1.165) is 68.6 Å². The molecule has 0 saturated carbocycles. The number of hydrogen-bond acceptors (Lipinski definition) is 8. The number of nitrogens with one attached hydrogen (secondary N) is 1. The van der Waals surface area contributed by atoms with E-state index in [1.54, 1.807) is 37.6 Å². The topological polar surface area (TPSA) is 104 Å². The number of ether oxygens (including phenoxy) is 3. The smallest absolute Gasteiger partial charge is 0.338 e. The SMILES string of the molecule is COc1ccc2[nH]cc(CC(=O)Oc3ccc(C(=O)OCCN4CCN(CC(=O)N5CCCC5)CC4)cc3)c2c1.Cl.Cl. The van der Waals surface area contributed by atoms with Crippen molar-refractivity contribution in [1.82, 2.24) is 19.7 Å². The van der Waals surface area contributed by atoms with Gasteiger partial charge in [-0.25, -0.2) is 4.79 Å². The lowest BCUT2D eigenvalue weighted by atomic mass is 10.1. The summed E-state index contributed by atoms with van der Waals surface area (Å²) in [5, 5.41) is 0.906. The van der Waals surface area contributed by atoms with Gasteiger partial charge < -0.3 is 24.1 Å². The van der Waals surface area contributed by atoms with Crippen LogP contribution in [0.5, 0.6) is 11.5 Å². The van der Waals surface area contributed by atoms with Crippen molar-refractivity contribution in [2.75, 3.05) is 66.1 Å². The zero-order valence-corrected chi connectivity index (χ0v) is 25.3. The van der Waals surface area contributed by atoms with E-state index in [1.807, 2.05) is 23.1 Å². The van der Waals surface area contributed by atoms with Crippen LogP contribution in [-0.2, 0) is 20.7 Å². The molecule has 42 heavy (non-hydrogen) atoms. The number of halogens is 2. The number of H-pyrrole nitrogens is 1. The van der Waals surface area contributed by atoms with Crippen molar-refractivity contribution in [3.8, 4) is 11.5 Å². The minimum Gasteiger partial charge on any atom is -0.497 e. The molecule has 10 nitrogen and oxygen atoms in total. The lowest BCUT2D eigenvalue weighted by Crippen LogP contribution is -2.50. The van der Waals surface area contributed by atoms with E-state index in [0.29, 0.717) is 30.2 Å². The first-order valence-electron chi connectivity index (χ1n) is 13.8. The molecule has 2 aliphatic heterocycles. The number of nitrogens with zero attached hydrogens (tertiary/aromatic N) is 3. The van der Waals surface area contributed by atoms with Gasteiger partial charge in [-0.05, 0) is 60.9 Å². The molecule has 3 aromatic rings. The van der Waals surface area contributed by atoms with Crippen LogP contribution in [0.25, 0.3) is 10.9 Å². The highest BCUT2D eigenvalue weighted by molar-refractivity contribution is 5.90. The second-order valence-corrected chi connectivity index (χ2v) is 10.2. The molecule has 0 aliphatic carbocycles. The zero-order chi connectivity index (χ0) is 27.9. The van der Waals surface area contributed by atoms with Gasteiger partial charge in [-0.2, -0.15) is 0 Å². The number of carbonyl (C=O) groups is 3. The number of aromatic nitrogens is 1. The maximum absolute atomic E-state index is 12.5. The highest BCUT2D eigenvalue weighted by atomic mass is 35.5. The van der Waals surface area contributed by atoms with Crippen LogP contribution in [0.1, 0.15) is 28.8 Å². The highest BCUT2D eigenvalue weighted by Gasteiger charge is 2.23. The van der Waals surface area contributed by atoms with Crippen LogP contribution in [0, 0.1) is 0 Å². The monoisotopic (exact) mass is 620 g/mol. The van der Waals surface area contributed by atoms with Crippen molar-refractivity contribution < 1.29 is 28.6 Å². The van der Waals surface area contributed by atoms with Crippen LogP contribution in [0.15, 0.2) is 48.7 Å². The number of fused-ring (bicyclic) bond motifs is 1. The van der Waals surface area contributed by atoms with Crippen molar-refractivity contribution in [2.24, 2.45) is 0 Å². The van der Waals surface area contributed by atoms with Gasteiger partial charge in [-0.3, -0.25) is 19.4 Å². The molecule has 5 rings (SSSR count). The van der Waals surface area contributed by atoms with Gasteiger partial charge in [0.25, 0.3) is 0 Å². The Morgan fingerprint density at radius 3 is 2.21 bits per heavy atom. The Morgan fingerprint density at radius 2 is 1.52 bits per heavy atom. The third kappa shape index (κ3) is 8.61.